The number of nitrogens with one attached hydrogen (secondary N) is 1. The van der Waals surface area contributed by atoms with Crippen molar-refractivity contribution in [2.75, 3.05) is 32.8 Å². The fraction of sp³-hybridized carbons (Fsp3) is 0.895. The van der Waals surface area contributed by atoms with E-state index in [1.165, 1.54) is 0 Å². The number of hydrogen-bond acceptors (Lipinski definition) is 9. The van der Waals surface area contributed by atoms with E-state index in [0.717, 1.165) is 17.9 Å². The first-order chi connectivity index (χ1) is 14.2. The molecule has 0 aromatic heterocycles. The Morgan fingerprint density at radius 2 is 1.80 bits per heavy atom. The molecule has 0 radical (unpaired) electrons. The average molecular weight is 431 g/mol. The number of carbonyl (C=O) groups excluding carboxylic acids is 2. The van der Waals surface area contributed by atoms with Crippen LogP contribution < -0.4 is 5.48 Å². The SMILES string of the molecule is CC(C)(C)OC(=O)N1CCC(OCCONC(=O)[C@@H]2CC[C@@H]3CN2C(O)N3O)CC1. The fourth-order valence-electron chi connectivity index (χ4n) is 4.05. The summed E-state index contributed by atoms with van der Waals surface area (Å²) < 4.78 is 11.2. The van der Waals surface area contributed by atoms with Crippen molar-refractivity contribution in [3.63, 3.8) is 0 Å². The largest absolute Gasteiger partial charge is 0.444 e. The van der Waals surface area contributed by atoms with Gasteiger partial charge < -0.3 is 24.7 Å². The topological polar surface area (TPSA) is 124 Å². The molecule has 3 N–H and O–H groups in total. The Balaban J connectivity index is 1.27. The van der Waals surface area contributed by atoms with Crippen LogP contribution in [0.15, 0.2) is 0 Å². The molecule has 30 heavy (non-hydrogen) atoms. The molecule has 2 unspecified atom stereocenters. The van der Waals surface area contributed by atoms with E-state index in [-0.39, 0.29) is 30.8 Å². The molecular weight excluding hydrogens is 396 g/mol. The van der Waals surface area contributed by atoms with E-state index in [2.05, 4.69) is 5.48 Å². The molecule has 3 aliphatic rings. The average Bonchev–Trinajstić information content (AvgIpc) is 2.91. The second-order valence-electron chi connectivity index (χ2n) is 9.02. The molecule has 2 amide bonds. The Bertz CT molecular complexity index is 606. The quantitative estimate of drug-likeness (QED) is 0.402. The Kier molecular flexibility index (Phi) is 7.53. The van der Waals surface area contributed by atoms with Gasteiger partial charge in [-0.1, -0.05) is 0 Å². The summed E-state index contributed by atoms with van der Waals surface area (Å²) in [5.41, 5.74) is 1.91. The van der Waals surface area contributed by atoms with Gasteiger partial charge in [-0.25, -0.2) is 10.3 Å². The number of carbonyl (C=O) groups is 2. The van der Waals surface area contributed by atoms with Gasteiger partial charge in [0.05, 0.1) is 31.4 Å². The molecule has 11 heteroatoms. The van der Waals surface area contributed by atoms with Crippen LogP contribution >= 0.6 is 0 Å². The second-order valence-corrected chi connectivity index (χ2v) is 9.02. The fourth-order valence-corrected chi connectivity index (χ4v) is 4.05. The number of likely N-dealkylation sites (tertiary alicyclic amines) is 1. The molecule has 172 valence electrons. The van der Waals surface area contributed by atoms with Crippen LogP contribution in [0, 0.1) is 0 Å². The van der Waals surface area contributed by atoms with Crippen LogP contribution in [-0.4, -0.2) is 100 Å². The number of rotatable bonds is 6. The van der Waals surface area contributed by atoms with Crippen molar-refractivity contribution < 1.29 is 34.2 Å². The van der Waals surface area contributed by atoms with Crippen molar-refractivity contribution in [1.29, 1.82) is 0 Å². The number of fused-ring (bicyclic) bond motifs is 2. The maximum atomic E-state index is 12.3. The highest BCUT2D eigenvalue weighted by atomic mass is 16.7. The van der Waals surface area contributed by atoms with Crippen molar-refractivity contribution in [1.82, 2.24) is 20.3 Å². The molecule has 4 atom stereocenters. The molecule has 3 saturated heterocycles. The highest BCUT2D eigenvalue weighted by Crippen LogP contribution is 2.30. The van der Waals surface area contributed by atoms with E-state index in [1.807, 2.05) is 20.8 Å². The molecule has 11 nitrogen and oxygen atoms in total. The van der Waals surface area contributed by atoms with Crippen LogP contribution in [-0.2, 0) is 19.1 Å². The van der Waals surface area contributed by atoms with E-state index in [0.29, 0.717) is 39.1 Å². The first-order valence-electron chi connectivity index (χ1n) is 10.6. The lowest BCUT2D eigenvalue weighted by Crippen LogP contribution is -2.51. The first kappa shape index (κ1) is 23.2. The number of piperidine rings is 2. The van der Waals surface area contributed by atoms with Gasteiger partial charge in [0.2, 0.25) is 0 Å². The van der Waals surface area contributed by atoms with Gasteiger partial charge in [0.25, 0.3) is 5.91 Å². The summed E-state index contributed by atoms with van der Waals surface area (Å²) in [6, 6.07) is -0.674. The van der Waals surface area contributed by atoms with Crippen molar-refractivity contribution in [3.05, 3.63) is 0 Å². The molecular formula is C19H34N4O7. The third-order valence-corrected chi connectivity index (χ3v) is 5.61. The Morgan fingerprint density at radius 3 is 2.47 bits per heavy atom. The third-order valence-electron chi connectivity index (χ3n) is 5.61. The van der Waals surface area contributed by atoms with Crippen LogP contribution in [0.3, 0.4) is 0 Å². The molecule has 3 heterocycles. The zero-order valence-electron chi connectivity index (χ0n) is 18.0. The summed E-state index contributed by atoms with van der Waals surface area (Å²) in [6.45, 7) is 7.67. The molecule has 3 fully saturated rings. The number of nitrogens with zero attached hydrogens (tertiary/aromatic N) is 3. The van der Waals surface area contributed by atoms with E-state index >= 15 is 0 Å². The molecule has 0 aromatic carbocycles. The smallest absolute Gasteiger partial charge is 0.410 e. The van der Waals surface area contributed by atoms with Crippen LogP contribution in [0.5, 0.6) is 0 Å². The summed E-state index contributed by atoms with van der Waals surface area (Å²) in [4.78, 5) is 32.9. The minimum atomic E-state index is -1.16. The van der Waals surface area contributed by atoms with Crippen LogP contribution in [0.1, 0.15) is 46.5 Å². The predicted octanol–water partition coefficient (Wildman–Crippen LogP) is 0.264. The van der Waals surface area contributed by atoms with Crippen LogP contribution in [0.4, 0.5) is 4.79 Å². The van der Waals surface area contributed by atoms with Gasteiger partial charge in [0.1, 0.15) is 5.60 Å². The second kappa shape index (κ2) is 9.75. The summed E-state index contributed by atoms with van der Waals surface area (Å²) in [5.74, 6) is -0.339. The molecule has 2 bridgehead atoms. The van der Waals surface area contributed by atoms with Crippen molar-refractivity contribution in [2.45, 2.75) is 76.6 Å². The maximum absolute atomic E-state index is 12.3. The standard InChI is InChI=1S/C19H34N4O7/c1-19(2,3)30-18(26)21-8-6-14(7-9-21)28-10-11-29-20-16(24)15-5-4-13-12-22(15)17(25)23(13)27/h13-15,17,25,27H,4-12H2,1-3H3,(H,20,24)/t13-,15+,17?/m1/s1. The normalized spacial score (nSPS) is 30.4. The number of aliphatic hydroxyl groups is 1. The minimum absolute atomic E-state index is 0.0357. The van der Waals surface area contributed by atoms with Gasteiger partial charge in [-0.05, 0) is 46.5 Å². The zero-order valence-corrected chi connectivity index (χ0v) is 18.0. The lowest BCUT2D eigenvalue weighted by molar-refractivity contribution is -0.222. The minimum Gasteiger partial charge on any atom is -0.444 e. The highest BCUT2D eigenvalue weighted by molar-refractivity contribution is 5.81. The van der Waals surface area contributed by atoms with Crippen molar-refractivity contribution in [2.24, 2.45) is 0 Å². The molecule has 0 aliphatic carbocycles. The van der Waals surface area contributed by atoms with Crippen LogP contribution in [0.25, 0.3) is 0 Å². The van der Waals surface area contributed by atoms with Crippen molar-refractivity contribution >= 4 is 12.0 Å². The predicted molar refractivity (Wildman–Crippen MR) is 104 cm³/mol. The van der Waals surface area contributed by atoms with Crippen molar-refractivity contribution in [3.8, 4) is 0 Å². The Morgan fingerprint density at radius 1 is 1.10 bits per heavy atom. The maximum Gasteiger partial charge on any atom is 0.410 e. The summed E-state index contributed by atoms with van der Waals surface area (Å²) in [6.07, 6.45) is 1.19. The first-order valence-corrected chi connectivity index (χ1v) is 10.6. The number of amides is 2. The number of hydroxylamine groups is 3. The van der Waals surface area contributed by atoms with E-state index in [9.17, 15) is 19.9 Å². The van der Waals surface area contributed by atoms with Gasteiger partial charge in [-0.15, -0.1) is 5.06 Å². The monoisotopic (exact) mass is 430 g/mol. The molecule has 0 saturated carbocycles. The molecule has 3 rings (SSSR count). The van der Waals surface area contributed by atoms with Gasteiger partial charge in [-0.2, -0.15) is 0 Å². The summed E-state index contributed by atoms with van der Waals surface area (Å²) in [5, 5.41) is 20.6. The van der Waals surface area contributed by atoms with Gasteiger partial charge in [0, 0.05) is 19.6 Å². The molecule has 3 aliphatic heterocycles. The van der Waals surface area contributed by atoms with Gasteiger partial charge in [-0.3, -0.25) is 14.5 Å². The van der Waals surface area contributed by atoms with E-state index in [4.69, 9.17) is 14.3 Å². The molecule has 0 spiro atoms. The zero-order chi connectivity index (χ0) is 21.9. The van der Waals surface area contributed by atoms with E-state index in [1.54, 1.807) is 9.80 Å². The Labute approximate surface area is 176 Å². The van der Waals surface area contributed by atoms with Gasteiger partial charge >= 0.3 is 6.09 Å². The van der Waals surface area contributed by atoms with Gasteiger partial charge in [0.15, 0.2) is 6.35 Å². The number of hydrogen-bond donors (Lipinski definition) is 3. The molecule has 0 aromatic rings. The van der Waals surface area contributed by atoms with Crippen LogP contribution in [0.2, 0.25) is 0 Å². The Hall–Kier alpha value is -1.50. The lowest BCUT2D eigenvalue weighted by atomic mass is 10.0. The van der Waals surface area contributed by atoms with E-state index < -0.39 is 18.0 Å². The summed E-state index contributed by atoms with van der Waals surface area (Å²) in [7, 11) is 0. The summed E-state index contributed by atoms with van der Waals surface area (Å²) >= 11 is 0. The number of ether oxygens (including phenoxy) is 2. The lowest BCUT2D eigenvalue weighted by Gasteiger charge is -2.33. The third kappa shape index (κ3) is 5.80. The highest BCUT2D eigenvalue weighted by Gasteiger charge is 2.47. The number of aliphatic hydroxyl groups excluding tert-OH is 1.